The van der Waals surface area contributed by atoms with E-state index in [2.05, 4.69) is 81.2 Å². The number of rotatable bonds is 12. The van der Waals surface area contributed by atoms with Crippen molar-refractivity contribution in [3.63, 3.8) is 0 Å². The number of aromatic nitrogens is 2. The number of hydrogen-bond acceptors (Lipinski definition) is 7. The van der Waals surface area contributed by atoms with Gasteiger partial charge in [0.15, 0.2) is 17.3 Å². The largest absolute Gasteiger partial charge is 0.465 e. The molecule has 1 aliphatic heterocycles. The van der Waals surface area contributed by atoms with E-state index in [1.54, 1.807) is 13.8 Å². The fraction of sp³-hybridized carbons (Fsp3) is 0.328. The number of Topliss-reactive ketones (excluding diaryl/α,β-unsaturated/α-hetero) is 3. The third-order valence-corrected chi connectivity index (χ3v) is 15.0. The standard InChI is InChI=1S/C29H31NO3.C27H27NO3.C5H7BrO/c1-5-21-11-9-10-14-24(21)28-27(22-12-7-6-8-13-22)25-16-15-23(29(32)33-4)17-26(25)30(28)18-19(2)20(3)31;1-17(29)21-14-19-10-6-7-11-22(19)26-25(18-8-4-3-5-9-18)23-13-12-20(27(30)31-2)15-24(23)28(26)16-21;1-4(3-6)5(2)7/h5,9-11,14-17,22H,1-2,6-8,12-13,18H2,3-4H3;6-7,10-15,18H,3-5,8-9,16H2,1-2H3;1,3H2,2H3. The molecule has 2 fully saturated rings. The van der Waals surface area contributed by atoms with Crippen LogP contribution in [0.3, 0.4) is 0 Å². The van der Waals surface area contributed by atoms with E-state index >= 15 is 0 Å². The third-order valence-electron chi connectivity index (χ3n) is 14.3. The SMILES string of the molecule is C=C(CBr)C(C)=O.C=Cc1ccccc1-c1c(C2CCCCC2)c2ccc(C(=O)OC)cc2n1CC(=C)C(C)=O.COC(=O)c1ccc2c(C3CCCCC3)c3n(c2c1)CC(C(C)=O)=Cc1ccccc1-3. The summed E-state index contributed by atoms with van der Waals surface area (Å²) in [6, 6.07) is 28.2. The highest BCUT2D eigenvalue weighted by Gasteiger charge is 2.31. The van der Waals surface area contributed by atoms with E-state index in [1.807, 2.05) is 60.7 Å². The summed E-state index contributed by atoms with van der Waals surface area (Å²) in [5, 5.41) is 2.90. The number of ketones is 3. The first-order valence-electron chi connectivity index (χ1n) is 24.7. The van der Waals surface area contributed by atoms with Gasteiger partial charge in [-0.25, -0.2) is 9.59 Å². The summed E-state index contributed by atoms with van der Waals surface area (Å²) in [4.78, 5) is 59.5. The maximum Gasteiger partial charge on any atom is 0.337 e. The van der Waals surface area contributed by atoms with E-state index in [0.717, 1.165) is 62.8 Å². The number of carbonyl (C=O) groups is 5. The molecular formula is C61H65BrN2O7. The van der Waals surface area contributed by atoms with Crippen LogP contribution in [-0.2, 0) is 36.9 Å². The lowest BCUT2D eigenvalue weighted by molar-refractivity contribution is -0.114. The van der Waals surface area contributed by atoms with Crippen LogP contribution in [0.15, 0.2) is 121 Å². The average molecular weight is 1020 g/mol. The summed E-state index contributed by atoms with van der Waals surface area (Å²) in [6.07, 6.45) is 16.0. The van der Waals surface area contributed by atoms with E-state index in [4.69, 9.17) is 9.47 Å². The molecule has 3 aliphatic rings. The van der Waals surface area contributed by atoms with E-state index in [9.17, 15) is 24.0 Å². The zero-order valence-electron chi connectivity index (χ0n) is 41.8. The molecule has 0 spiro atoms. The van der Waals surface area contributed by atoms with Crippen molar-refractivity contribution in [2.24, 2.45) is 0 Å². The molecule has 3 heterocycles. The number of carbonyl (C=O) groups excluding carboxylic acids is 5. The second-order valence-corrected chi connectivity index (χ2v) is 19.4. The van der Waals surface area contributed by atoms with E-state index in [-0.39, 0.29) is 29.3 Å². The Hall–Kier alpha value is -6.65. The van der Waals surface area contributed by atoms with Crippen LogP contribution >= 0.6 is 15.9 Å². The highest BCUT2D eigenvalue weighted by molar-refractivity contribution is 9.09. The van der Waals surface area contributed by atoms with Crippen molar-refractivity contribution < 1.29 is 33.4 Å². The molecule has 6 aromatic rings. The van der Waals surface area contributed by atoms with E-state index in [0.29, 0.717) is 52.5 Å². The Kier molecular flexibility index (Phi) is 17.3. The number of allylic oxidation sites excluding steroid dienone is 3. The maximum atomic E-state index is 12.5. The molecule has 0 bridgehead atoms. The average Bonchev–Trinajstić information content (AvgIpc) is 3.82. The maximum absolute atomic E-state index is 12.5. The van der Waals surface area contributed by atoms with Gasteiger partial charge in [-0.15, -0.1) is 0 Å². The van der Waals surface area contributed by atoms with Gasteiger partial charge in [0.25, 0.3) is 0 Å². The van der Waals surface area contributed by atoms with Crippen LogP contribution in [0.2, 0.25) is 0 Å². The van der Waals surface area contributed by atoms with Crippen LogP contribution in [0.5, 0.6) is 0 Å². The summed E-state index contributed by atoms with van der Waals surface area (Å²) < 4.78 is 14.4. The fourth-order valence-corrected chi connectivity index (χ4v) is 10.9. The molecule has 2 aromatic heterocycles. The molecule has 0 amide bonds. The van der Waals surface area contributed by atoms with Crippen molar-refractivity contribution >= 4 is 79.2 Å². The molecule has 9 rings (SSSR count). The van der Waals surface area contributed by atoms with Crippen molar-refractivity contribution in [2.45, 2.75) is 110 Å². The first-order chi connectivity index (χ1) is 34.2. The van der Waals surface area contributed by atoms with Gasteiger partial charge in [0, 0.05) is 49.4 Å². The van der Waals surface area contributed by atoms with Gasteiger partial charge in [0.2, 0.25) is 0 Å². The summed E-state index contributed by atoms with van der Waals surface area (Å²) in [7, 11) is 2.80. The number of ether oxygens (including phenoxy) is 2. The second-order valence-electron chi connectivity index (χ2n) is 18.9. The summed E-state index contributed by atoms with van der Waals surface area (Å²) in [5.41, 5.74) is 14.2. The number of benzene rings is 4. The van der Waals surface area contributed by atoms with Gasteiger partial charge < -0.3 is 18.6 Å². The number of alkyl halides is 1. The molecule has 0 N–H and O–H groups in total. The first kappa shape index (κ1) is 52.2. The molecular weight excluding hydrogens is 953 g/mol. The highest BCUT2D eigenvalue weighted by Crippen LogP contribution is 2.48. The van der Waals surface area contributed by atoms with Crippen molar-refractivity contribution in [3.8, 4) is 22.5 Å². The Morgan fingerprint density at radius 3 is 1.66 bits per heavy atom. The Bertz CT molecular complexity index is 3100. The smallest absolute Gasteiger partial charge is 0.337 e. The van der Waals surface area contributed by atoms with Crippen LogP contribution in [-0.4, -0.2) is 58.0 Å². The number of hydrogen-bond donors (Lipinski definition) is 0. The van der Waals surface area contributed by atoms with Crippen LogP contribution < -0.4 is 0 Å². The first-order valence-corrected chi connectivity index (χ1v) is 25.8. The van der Waals surface area contributed by atoms with Gasteiger partial charge in [-0.2, -0.15) is 0 Å². The van der Waals surface area contributed by atoms with Gasteiger partial charge in [0.05, 0.1) is 49.8 Å². The number of nitrogens with zero attached hydrogens (tertiary/aromatic N) is 2. The number of halogens is 1. The Balaban J connectivity index is 0.000000184. The fourth-order valence-electron chi connectivity index (χ4n) is 10.5. The van der Waals surface area contributed by atoms with Crippen molar-refractivity contribution in [1.29, 1.82) is 0 Å². The Morgan fingerprint density at radius 2 is 1.15 bits per heavy atom. The predicted octanol–water partition coefficient (Wildman–Crippen LogP) is 14.6. The zero-order chi connectivity index (χ0) is 50.9. The van der Waals surface area contributed by atoms with Crippen LogP contribution in [0, 0.1) is 0 Å². The molecule has 368 valence electrons. The normalized spacial score (nSPS) is 14.5. The minimum Gasteiger partial charge on any atom is -0.465 e. The molecule has 4 aromatic carbocycles. The van der Waals surface area contributed by atoms with Gasteiger partial charge in [-0.1, -0.05) is 141 Å². The lowest BCUT2D eigenvalue weighted by atomic mass is 9.81. The van der Waals surface area contributed by atoms with Gasteiger partial charge in [0.1, 0.15) is 0 Å². The predicted molar refractivity (Wildman–Crippen MR) is 291 cm³/mol. The summed E-state index contributed by atoms with van der Waals surface area (Å²) in [6.45, 7) is 17.1. The summed E-state index contributed by atoms with van der Waals surface area (Å²) >= 11 is 3.09. The quantitative estimate of drug-likeness (QED) is 0.0681. The molecule has 2 saturated carbocycles. The van der Waals surface area contributed by atoms with Crippen molar-refractivity contribution in [2.75, 3.05) is 19.5 Å². The van der Waals surface area contributed by atoms with Crippen molar-refractivity contribution in [3.05, 3.63) is 155 Å². The third kappa shape index (κ3) is 11.3. The number of fused-ring (bicyclic) bond motifs is 6. The summed E-state index contributed by atoms with van der Waals surface area (Å²) in [5.74, 6) is 0.288. The zero-order valence-corrected chi connectivity index (χ0v) is 43.4. The Labute approximate surface area is 426 Å². The molecule has 10 heteroatoms. The second kappa shape index (κ2) is 23.5. The van der Waals surface area contributed by atoms with Gasteiger partial charge in [-0.05, 0) is 116 Å². The van der Waals surface area contributed by atoms with Gasteiger partial charge >= 0.3 is 11.9 Å². The number of esters is 2. The monoisotopic (exact) mass is 1020 g/mol. The lowest BCUT2D eigenvalue weighted by Gasteiger charge is -2.24. The van der Waals surface area contributed by atoms with Gasteiger partial charge in [-0.3, -0.25) is 14.4 Å². The molecule has 71 heavy (non-hydrogen) atoms. The lowest BCUT2D eigenvalue weighted by Crippen LogP contribution is -2.10. The molecule has 2 aliphatic carbocycles. The minimum atomic E-state index is -0.373. The topological polar surface area (TPSA) is 114 Å². The molecule has 0 radical (unpaired) electrons. The molecule has 9 nitrogen and oxygen atoms in total. The van der Waals surface area contributed by atoms with E-state index < -0.39 is 0 Å². The highest BCUT2D eigenvalue weighted by atomic mass is 79.9. The molecule has 0 atom stereocenters. The van der Waals surface area contributed by atoms with Crippen LogP contribution in [0.1, 0.15) is 140 Å². The van der Waals surface area contributed by atoms with E-state index in [1.165, 1.54) is 94.7 Å². The minimum absolute atomic E-state index is 0.0388. The Morgan fingerprint density at radius 1 is 0.648 bits per heavy atom. The van der Waals surface area contributed by atoms with Crippen LogP contribution in [0.4, 0.5) is 0 Å². The number of methoxy groups -OCH3 is 2. The van der Waals surface area contributed by atoms with Crippen LogP contribution in [0.25, 0.3) is 56.5 Å². The molecule has 0 unspecified atom stereocenters. The molecule has 0 saturated heterocycles. The van der Waals surface area contributed by atoms with Crippen molar-refractivity contribution in [1.82, 2.24) is 9.13 Å².